The molecule has 0 saturated heterocycles. The number of thiophene rings is 1. The van der Waals surface area contributed by atoms with Gasteiger partial charge in [0, 0.05) is 4.88 Å². The van der Waals surface area contributed by atoms with Gasteiger partial charge in [-0.15, -0.1) is 21.5 Å². The van der Waals surface area contributed by atoms with Crippen molar-refractivity contribution in [3.05, 3.63) is 21.5 Å². The second-order valence-electron chi connectivity index (χ2n) is 4.85. The summed E-state index contributed by atoms with van der Waals surface area (Å²) in [5.41, 5.74) is 7.37. The molecule has 0 bridgehead atoms. The second-order valence-corrected chi connectivity index (χ2v) is 7.00. The third kappa shape index (κ3) is 2.35. The van der Waals surface area contributed by atoms with Gasteiger partial charge in [0.05, 0.1) is 10.9 Å². The summed E-state index contributed by atoms with van der Waals surface area (Å²) < 4.78 is 0. The quantitative estimate of drug-likeness (QED) is 0.855. The first-order valence-corrected chi connectivity index (χ1v) is 8.08. The minimum atomic E-state index is -0.0194. The number of nitrogens with zero attached hydrogens (tertiary/aromatic N) is 2. The van der Waals surface area contributed by atoms with Crippen molar-refractivity contribution >= 4 is 22.7 Å². The largest absolute Gasteiger partial charge is 0.322 e. The third-order valence-electron chi connectivity index (χ3n) is 3.29. The number of rotatable bonds is 2. The fraction of sp³-hybridized carbons (Fsp3) is 0.538. The topological polar surface area (TPSA) is 51.8 Å². The van der Waals surface area contributed by atoms with Crippen LogP contribution in [0, 0.1) is 0 Å². The summed E-state index contributed by atoms with van der Waals surface area (Å²) in [7, 11) is 0. The van der Waals surface area contributed by atoms with Crippen molar-refractivity contribution in [1.29, 1.82) is 0 Å². The molecule has 1 aliphatic rings. The Morgan fingerprint density at radius 3 is 2.78 bits per heavy atom. The van der Waals surface area contributed by atoms with Crippen molar-refractivity contribution in [1.82, 2.24) is 10.2 Å². The summed E-state index contributed by atoms with van der Waals surface area (Å²) in [5, 5.41) is 10.4. The average Bonchev–Trinajstić information content (AvgIpc) is 2.92. The number of hydrogen-bond acceptors (Lipinski definition) is 5. The van der Waals surface area contributed by atoms with Gasteiger partial charge in [-0.25, -0.2) is 0 Å². The van der Waals surface area contributed by atoms with Crippen LogP contribution in [-0.4, -0.2) is 10.2 Å². The highest BCUT2D eigenvalue weighted by Gasteiger charge is 2.16. The van der Waals surface area contributed by atoms with Crippen LogP contribution in [0.25, 0.3) is 9.88 Å². The van der Waals surface area contributed by atoms with E-state index in [4.69, 9.17) is 5.73 Å². The summed E-state index contributed by atoms with van der Waals surface area (Å²) in [6.07, 6.45) is 6.48. The summed E-state index contributed by atoms with van der Waals surface area (Å²) >= 11 is 3.52. The van der Waals surface area contributed by atoms with Crippen LogP contribution in [0.3, 0.4) is 0 Å². The molecule has 2 aromatic heterocycles. The zero-order chi connectivity index (χ0) is 12.5. The highest BCUT2D eigenvalue weighted by molar-refractivity contribution is 7.21. The maximum absolute atomic E-state index is 5.83. The van der Waals surface area contributed by atoms with Crippen LogP contribution >= 0.6 is 22.7 Å². The molecule has 96 valence electrons. The molecule has 2 aromatic rings. The lowest BCUT2D eigenvalue weighted by atomic mass is 10.1. The maximum Gasteiger partial charge on any atom is 0.157 e. The van der Waals surface area contributed by atoms with Crippen molar-refractivity contribution in [2.24, 2.45) is 5.73 Å². The molecular weight excluding hydrogens is 262 g/mol. The Morgan fingerprint density at radius 2 is 2.00 bits per heavy atom. The van der Waals surface area contributed by atoms with Crippen LogP contribution in [0.1, 0.15) is 47.7 Å². The molecule has 1 atom stereocenters. The molecule has 3 nitrogen and oxygen atoms in total. The Balaban J connectivity index is 1.92. The molecule has 3 rings (SSSR count). The predicted molar refractivity (Wildman–Crippen MR) is 77.1 cm³/mol. The molecule has 0 aromatic carbocycles. The first-order valence-electron chi connectivity index (χ1n) is 6.45. The van der Waals surface area contributed by atoms with Crippen molar-refractivity contribution in [3.63, 3.8) is 0 Å². The fourth-order valence-electron chi connectivity index (χ4n) is 2.29. The van der Waals surface area contributed by atoms with Crippen LogP contribution in [0.4, 0.5) is 0 Å². The minimum absolute atomic E-state index is 0.0194. The number of nitrogens with two attached hydrogens (primary N) is 1. The number of aryl methyl sites for hydroxylation is 2. The number of hydrogen-bond donors (Lipinski definition) is 1. The number of fused-ring (bicyclic) bond motifs is 1. The molecule has 1 unspecified atom stereocenters. The smallest absolute Gasteiger partial charge is 0.157 e. The van der Waals surface area contributed by atoms with E-state index >= 15 is 0 Å². The van der Waals surface area contributed by atoms with E-state index in [0.29, 0.717) is 0 Å². The Hall–Kier alpha value is -0.780. The monoisotopic (exact) mass is 279 g/mol. The molecule has 0 saturated carbocycles. The highest BCUT2D eigenvalue weighted by atomic mass is 32.1. The molecule has 0 spiro atoms. The van der Waals surface area contributed by atoms with Gasteiger partial charge < -0.3 is 5.73 Å². The Kier molecular flexibility index (Phi) is 3.46. The normalized spacial score (nSPS) is 17.2. The summed E-state index contributed by atoms with van der Waals surface area (Å²) in [6, 6.07) is 2.30. The van der Waals surface area contributed by atoms with Gasteiger partial charge in [-0.1, -0.05) is 17.8 Å². The van der Waals surface area contributed by atoms with Crippen LogP contribution in [0.5, 0.6) is 0 Å². The lowest BCUT2D eigenvalue weighted by molar-refractivity contribution is 0.713. The summed E-state index contributed by atoms with van der Waals surface area (Å²) in [6.45, 7) is 1.95. The van der Waals surface area contributed by atoms with E-state index in [1.54, 1.807) is 16.2 Å². The van der Waals surface area contributed by atoms with Crippen LogP contribution in [-0.2, 0) is 12.8 Å². The van der Waals surface area contributed by atoms with E-state index in [-0.39, 0.29) is 6.04 Å². The molecule has 5 heteroatoms. The highest BCUT2D eigenvalue weighted by Crippen LogP contribution is 2.36. The first-order chi connectivity index (χ1) is 8.74. The molecule has 2 N–H and O–H groups in total. The maximum atomic E-state index is 5.83. The van der Waals surface area contributed by atoms with Crippen LogP contribution in [0.2, 0.25) is 0 Å². The second kappa shape index (κ2) is 5.07. The van der Waals surface area contributed by atoms with E-state index in [1.807, 2.05) is 18.3 Å². The molecule has 2 heterocycles. The fourth-order valence-corrected chi connectivity index (χ4v) is 4.38. The zero-order valence-electron chi connectivity index (χ0n) is 10.5. The zero-order valence-corrected chi connectivity index (χ0v) is 12.1. The van der Waals surface area contributed by atoms with E-state index < -0.39 is 0 Å². The first kappa shape index (κ1) is 12.3. The van der Waals surface area contributed by atoms with Gasteiger partial charge in [-0.2, -0.15) is 0 Å². The van der Waals surface area contributed by atoms with Crippen molar-refractivity contribution in [3.8, 4) is 9.88 Å². The van der Waals surface area contributed by atoms with Gasteiger partial charge in [0.25, 0.3) is 0 Å². The summed E-state index contributed by atoms with van der Waals surface area (Å²) in [4.78, 5) is 2.83. The van der Waals surface area contributed by atoms with E-state index in [9.17, 15) is 0 Å². The molecule has 0 fully saturated rings. The molecule has 0 amide bonds. The van der Waals surface area contributed by atoms with Crippen molar-refractivity contribution in [2.45, 2.75) is 45.1 Å². The van der Waals surface area contributed by atoms with Gasteiger partial charge in [0.2, 0.25) is 0 Å². The van der Waals surface area contributed by atoms with Gasteiger partial charge in [0.15, 0.2) is 5.01 Å². The van der Waals surface area contributed by atoms with E-state index in [2.05, 4.69) is 16.3 Å². The van der Waals surface area contributed by atoms with Gasteiger partial charge in [-0.3, -0.25) is 0 Å². The minimum Gasteiger partial charge on any atom is -0.322 e. The van der Waals surface area contributed by atoms with Gasteiger partial charge >= 0.3 is 0 Å². The molecule has 0 radical (unpaired) electrons. The van der Waals surface area contributed by atoms with Gasteiger partial charge in [0.1, 0.15) is 5.01 Å². The Morgan fingerprint density at radius 1 is 1.17 bits per heavy atom. The lowest BCUT2D eigenvalue weighted by Gasteiger charge is -1.94. The van der Waals surface area contributed by atoms with Gasteiger partial charge in [-0.05, 0) is 44.2 Å². The lowest BCUT2D eigenvalue weighted by Crippen LogP contribution is -2.03. The molecular formula is C13H17N3S2. The Bertz CT molecular complexity index is 519. The number of aromatic nitrogens is 2. The molecule has 1 aliphatic carbocycles. The van der Waals surface area contributed by atoms with Crippen LogP contribution < -0.4 is 5.73 Å². The van der Waals surface area contributed by atoms with Crippen LogP contribution in [0.15, 0.2) is 6.07 Å². The van der Waals surface area contributed by atoms with E-state index in [1.165, 1.54) is 42.5 Å². The standard InChI is InChI=1S/C13H17N3S2/c1-8(14)12-15-16-13(18-12)11-7-9-5-3-2-4-6-10(9)17-11/h7-8H,2-6,14H2,1H3. The van der Waals surface area contributed by atoms with E-state index in [0.717, 1.165) is 10.0 Å². The average molecular weight is 279 g/mol. The third-order valence-corrected chi connectivity index (χ3v) is 5.82. The predicted octanol–water partition coefficient (Wildman–Crippen LogP) is 3.56. The Labute approximate surface area is 115 Å². The SMILES string of the molecule is CC(N)c1nnc(-c2cc3c(s2)CCCCC3)s1. The molecule has 18 heavy (non-hydrogen) atoms. The van der Waals surface area contributed by atoms with Crippen molar-refractivity contribution < 1.29 is 0 Å². The molecule has 0 aliphatic heterocycles. The van der Waals surface area contributed by atoms with Crippen molar-refractivity contribution in [2.75, 3.05) is 0 Å². The summed E-state index contributed by atoms with van der Waals surface area (Å²) in [5.74, 6) is 0.